The maximum atomic E-state index is 12.0. The molecular weight excluding hydrogens is 291 g/mol. The van der Waals surface area contributed by atoms with Gasteiger partial charge in [-0.3, -0.25) is 9.59 Å². The predicted octanol–water partition coefficient (Wildman–Crippen LogP) is 2.37. The Hall–Kier alpha value is -1.33. The number of nitrogens with zero attached hydrogens (tertiary/aromatic N) is 1. The van der Waals surface area contributed by atoms with Crippen LogP contribution in [0.5, 0.6) is 0 Å². The molecule has 1 amide bonds. The van der Waals surface area contributed by atoms with Crippen LogP contribution in [0.2, 0.25) is 10.3 Å². The Kier molecular flexibility index (Phi) is 4.27. The number of amides is 1. The van der Waals surface area contributed by atoms with Crippen LogP contribution < -0.4 is 5.32 Å². The summed E-state index contributed by atoms with van der Waals surface area (Å²) in [6.45, 7) is 0. The van der Waals surface area contributed by atoms with Gasteiger partial charge in [0, 0.05) is 11.6 Å². The van der Waals surface area contributed by atoms with E-state index in [9.17, 15) is 9.59 Å². The lowest BCUT2D eigenvalue weighted by molar-refractivity contribution is -0.137. The van der Waals surface area contributed by atoms with Gasteiger partial charge in [-0.15, -0.1) is 0 Å². The molecule has 1 fully saturated rings. The Morgan fingerprint density at radius 2 is 1.95 bits per heavy atom. The van der Waals surface area contributed by atoms with Crippen molar-refractivity contribution in [3.8, 4) is 0 Å². The number of pyridine rings is 1. The molecule has 0 aliphatic heterocycles. The van der Waals surface area contributed by atoms with Crippen LogP contribution in [0.25, 0.3) is 0 Å². The van der Waals surface area contributed by atoms with Gasteiger partial charge in [-0.2, -0.15) is 0 Å². The van der Waals surface area contributed by atoms with Gasteiger partial charge in [-0.05, 0) is 30.9 Å². The largest absolute Gasteiger partial charge is 0.481 e. The quantitative estimate of drug-likeness (QED) is 0.818. The molecule has 1 aliphatic carbocycles. The number of hydrogen-bond acceptors (Lipinski definition) is 3. The zero-order valence-corrected chi connectivity index (χ0v) is 11.4. The number of carboxylic acid groups (broad SMARTS) is 1. The van der Waals surface area contributed by atoms with Crippen molar-refractivity contribution >= 4 is 35.1 Å². The fourth-order valence-electron chi connectivity index (χ4n) is 1.87. The smallest absolute Gasteiger partial charge is 0.305 e. The lowest BCUT2D eigenvalue weighted by Gasteiger charge is -2.16. The summed E-state index contributed by atoms with van der Waals surface area (Å²) in [5.41, 5.74) is 0.279. The van der Waals surface area contributed by atoms with E-state index in [1.54, 1.807) is 0 Å². The second kappa shape index (κ2) is 5.75. The third-order valence-corrected chi connectivity index (χ3v) is 3.31. The van der Waals surface area contributed by atoms with Crippen molar-refractivity contribution in [2.24, 2.45) is 5.92 Å². The predicted molar refractivity (Wildman–Crippen MR) is 70.5 cm³/mol. The van der Waals surface area contributed by atoms with Gasteiger partial charge in [0.15, 0.2) is 0 Å². The van der Waals surface area contributed by atoms with Crippen molar-refractivity contribution in [3.63, 3.8) is 0 Å². The summed E-state index contributed by atoms with van der Waals surface area (Å²) < 4.78 is 0. The molecule has 0 radical (unpaired) electrons. The maximum absolute atomic E-state index is 12.0. The highest BCUT2D eigenvalue weighted by atomic mass is 35.5. The first kappa shape index (κ1) is 14.1. The summed E-state index contributed by atoms with van der Waals surface area (Å²) in [5.74, 6) is -1.07. The molecule has 5 nitrogen and oxygen atoms in total. The summed E-state index contributed by atoms with van der Waals surface area (Å²) in [5, 5.41) is 11.8. The van der Waals surface area contributed by atoms with Gasteiger partial charge < -0.3 is 10.4 Å². The van der Waals surface area contributed by atoms with Crippen LogP contribution in [-0.2, 0) is 4.79 Å². The van der Waals surface area contributed by atoms with Gasteiger partial charge in [-0.1, -0.05) is 23.2 Å². The summed E-state index contributed by atoms with van der Waals surface area (Å²) >= 11 is 11.4. The van der Waals surface area contributed by atoms with Crippen molar-refractivity contribution in [1.82, 2.24) is 10.3 Å². The van der Waals surface area contributed by atoms with E-state index in [1.165, 1.54) is 12.1 Å². The van der Waals surface area contributed by atoms with Gasteiger partial charge >= 0.3 is 5.97 Å². The van der Waals surface area contributed by atoms with E-state index >= 15 is 0 Å². The molecule has 1 saturated carbocycles. The first-order chi connectivity index (χ1) is 8.95. The monoisotopic (exact) mass is 302 g/mol. The Labute approximate surface area is 119 Å². The number of halogens is 2. The molecule has 1 heterocycles. The number of nitrogens with one attached hydrogen (secondary N) is 1. The zero-order valence-electron chi connectivity index (χ0n) is 9.90. The van der Waals surface area contributed by atoms with Crippen LogP contribution in [-0.4, -0.2) is 28.0 Å². The lowest BCUT2D eigenvalue weighted by atomic mass is 10.1. The SMILES string of the molecule is O=C(O)CC(NC(=O)c1cc(Cl)nc(Cl)c1)C1CC1. The zero-order chi connectivity index (χ0) is 14.0. The van der Waals surface area contributed by atoms with E-state index < -0.39 is 5.97 Å². The van der Waals surface area contributed by atoms with Crippen LogP contribution in [0.4, 0.5) is 0 Å². The molecule has 0 saturated heterocycles. The number of aliphatic carboxylic acids is 1. The highest BCUT2D eigenvalue weighted by Gasteiger charge is 2.33. The van der Waals surface area contributed by atoms with E-state index in [-0.39, 0.29) is 40.2 Å². The molecule has 0 aromatic carbocycles. The van der Waals surface area contributed by atoms with Crippen LogP contribution >= 0.6 is 23.2 Å². The minimum atomic E-state index is -0.928. The van der Waals surface area contributed by atoms with Gasteiger partial charge in [0.25, 0.3) is 5.91 Å². The molecule has 1 aliphatic rings. The van der Waals surface area contributed by atoms with Crippen LogP contribution in [0.1, 0.15) is 29.6 Å². The van der Waals surface area contributed by atoms with Crippen molar-refractivity contribution in [1.29, 1.82) is 0 Å². The first-order valence-corrected chi connectivity index (χ1v) is 6.57. The number of carboxylic acids is 1. The Bertz CT molecular complexity index is 497. The maximum Gasteiger partial charge on any atom is 0.305 e. The summed E-state index contributed by atoms with van der Waals surface area (Å²) in [6.07, 6.45) is 1.80. The standard InChI is InChI=1S/C12H12Cl2N2O3/c13-9-3-7(4-10(14)16-9)12(19)15-8(5-11(17)18)6-1-2-6/h3-4,6,8H,1-2,5H2,(H,15,19)(H,17,18). The van der Waals surface area contributed by atoms with Crippen molar-refractivity contribution in [2.75, 3.05) is 0 Å². The first-order valence-electron chi connectivity index (χ1n) is 5.81. The van der Waals surface area contributed by atoms with Gasteiger partial charge in [0.2, 0.25) is 0 Å². The van der Waals surface area contributed by atoms with Crippen molar-refractivity contribution < 1.29 is 14.7 Å². The summed E-state index contributed by atoms with van der Waals surface area (Å²) in [6, 6.07) is 2.44. The molecule has 0 spiro atoms. The normalized spacial score (nSPS) is 15.9. The summed E-state index contributed by atoms with van der Waals surface area (Å²) in [7, 11) is 0. The third kappa shape index (κ3) is 4.08. The minimum Gasteiger partial charge on any atom is -0.481 e. The highest BCUT2D eigenvalue weighted by molar-refractivity contribution is 6.33. The molecule has 1 unspecified atom stereocenters. The lowest BCUT2D eigenvalue weighted by Crippen LogP contribution is -2.38. The van der Waals surface area contributed by atoms with Gasteiger partial charge in [0.05, 0.1) is 6.42 Å². The van der Waals surface area contributed by atoms with E-state index in [4.69, 9.17) is 28.3 Å². The minimum absolute atomic E-state index is 0.0804. The average Bonchev–Trinajstić information content (AvgIpc) is 3.09. The molecule has 1 atom stereocenters. The number of aromatic nitrogens is 1. The van der Waals surface area contributed by atoms with E-state index in [0.29, 0.717) is 0 Å². The fraction of sp³-hybridized carbons (Fsp3) is 0.417. The van der Waals surface area contributed by atoms with Crippen molar-refractivity contribution in [3.05, 3.63) is 28.0 Å². The van der Waals surface area contributed by atoms with E-state index in [2.05, 4.69) is 10.3 Å². The Balaban J connectivity index is 2.07. The molecule has 2 N–H and O–H groups in total. The average molecular weight is 303 g/mol. The molecule has 2 rings (SSSR count). The Morgan fingerprint density at radius 3 is 2.42 bits per heavy atom. The number of hydrogen-bond donors (Lipinski definition) is 2. The number of carbonyl (C=O) groups excluding carboxylic acids is 1. The molecule has 1 aromatic rings. The van der Waals surface area contributed by atoms with Crippen molar-refractivity contribution in [2.45, 2.75) is 25.3 Å². The fourth-order valence-corrected chi connectivity index (χ4v) is 2.33. The third-order valence-electron chi connectivity index (χ3n) is 2.93. The second-order valence-electron chi connectivity index (χ2n) is 4.52. The molecular formula is C12H12Cl2N2O3. The highest BCUT2D eigenvalue weighted by Crippen LogP contribution is 2.34. The van der Waals surface area contributed by atoms with Crippen LogP contribution in [0, 0.1) is 5.92 Å². The molecule has 0 bridgehead atoms. The Morgan fingerprint density at radius 1 is 1.37 bits per heavy atom. The van der Waals surface area contributed by atoms with E-state index in [0.717, 1.165) is 12.8 Å². The molecule has 19 heavy (non-hydrogen) atoms. The summed E-state index contributed by atoms with van der Waals surface area (Å²) in [4.78, 5) is 26.5. The number of carbonyl (C=O) groups is 2. The molecule has 102 valence electrons. The number of rotatable bonds is 5. The van der Waals surface area contributed by atoms with Crippen LogP contribution in [0.15, 0.2) is 12.1 Å². The second-order valence-corrected chi connectivity index (χ2v) is 5.29. The molecule has 1 aromatic heterocycles. The molecule has 7 heteroatoms. The van der Waals surface area contributed by atoms with Gasteiger partial charge in [0.1, 0.15) is 10.3 Å². The topological polar surface area (TPSA) is 79.3 Å². The van der Waals surface area contributed by atoms with Crippen LogP contribution in [0.3, 0.4) is 0 Å². The van der Waals surface area contributed by atoms with E-state index in [1.807, 2.05) is 0 Å². The van der Waals surface area contributed by atoms with Gasteiger partial charge in [-0.25, -0.2) is 4.98 Å².